The maximum absolute atomic E-state index is 6.32. The van der Waals surface area contributed by atoms with Crippen molar-refractivity contribution in [3.8, 4) is 0 Å². The van der Waals surface area contributed by atoms with E-state index in [0.717, 1.165) is 11.6 Å². The molecular formula is C20H23Cl2N. The fraction of sp³-hybridized carbons (Fsp3) is 0.400. The summed E-state index contributed by atoms with van der Waals surface area (Å²) in [4.78, 5) is 2.66. The normalized spacial score (nSPS) is 26.3. The fourth-order valence-corrected chi connectivity index (χ4v) is 4.72. The highest BCUT2D eigenvalue weighted by molar-refractivity contribution is 6.30. The van der Waals surface area contributed by atoms with Gasteiger partial charge >= 0.3 is 0 Å². The first-order chi connectivity index (χ1) is 10.8. The molecule has 0 N–H and O–H groups in total. The smallest absolute Gasteiger partial charge is 0.0409 e. The monoisotopic (exact) mass is 347 g/mol. The Morgan fingerprint density at radius 3 is 2.61 bits per heavy atom. The zero-order chi connectivity index (χ0) is 15.1. The summed E-state index contributed by atoms with van der Waals surface area (Å²) >= 11 is 6.32. The van der Waals surface area contributed by atoms with E-state index < -0.39 is 0 Å². The predicted molar refractivity (Wildman–Crippen MR) is 100.0 cm³/mol. The summed E-state index contributed by atoms with van der Waals surface area (Å²) in [7, 11) is 0. The molecular weight excluding hydrogens is 325 g/mol. The minimum atomic E-state index is 0. The third-order valence-corrected chi connectivity index (χ3v) is 5.80. The second-order valence-corrected chi connectivity index (χ2v) is 7.00. The van der Waals surface area contributed by atoms with Crippen molar-refractivity contribution in [1.82, 2.24) is 4.90 Å². The Bertz CT molecular complexity index is 671. The van der Waals surface area contributed by atoms with Crippen LogP contribution in [0.1, 0.15) is 48.3 Å². The SMILES string of the molecule is CCN1CCC2c3ccc(Cl)cc3C(c3ccccc3)CC21.Cl. The molecule has 0 radical (unpaired) electrons. The number of hydrogen-bond acceptors (Lipinski definition) is 1. The van der Waals surface area contributed by atoms with Gasteiger partial charge in [-0.2, -0.15) is 0 Å². The first-order valence-electron chi connectivity index (χ1n) is 8.36. The maximum Gasteiger partial charge on any atom is 0.0409 e. The summed E-state index contributed by atoms with van der Waals surface area (Å²) in [5.41, 5.74) is 4.41. The molecule has 1 fully saturated rings. The van der Waals surface area contributed by atoms with E-state index in [4.69, 9.17) is 11.6 Å². The lowest BCUT2D eigenvalue weighted by molar-refractivity contribution is 0.230. The minimum Gasteiger partial charge on any atom is -0.300 e. The number of nitrogens with zero attached hydrogens (tertiary/aromatic N) is 1. The van der Waals surface area contributed by atoms with Gasteiger partial charge in [0.05, 0.1) is 0 Å². The molecule has 0 bridgehead atoms. The lowest BCUT2D eigenvalue weighted by atomic mass is 9.71. The molecule has 2 aromatic rings. The molecule has 3 unspecified atom stereocenters. The zero-order valence-electron chi connectivity index (χ0n) is 13.4. The Balaban J connectivity index is 0.00000156. The summed E-state index contributed by atoms with van der Waals surface area (Å²) in [6, 6.07) is 18.2. The van der Waals surface area contributed by atoms with E-state index in [1.165, 1.54) is 36.1 Å². The van der Waals surface area contributed by atoms with Crippen molar-refractivity contribution in [2.75, 3.05) is 13.1 Å². The molecule has 23 heavy (non-hydrogen) atoms. The van der Waals surface area contributed by atoms with Crippen LogP contribution in [0.25, 0.3) is 0 Å². The van der Waals surface area contributed by atoms with Crippen LogP contribution in [0.2, 0.25) is 5.02 Å². The van der Waals surface area contributed by atoms with Gasteiger partial charge in [-0.3, -0.25) is 4.90 Å². The number of halogens is 2. The molecule has 1 aliphatic heterocycles. The first kappa shape index (κ1) is 16.8. The molecule has 1 heterocycles. The van der Waals surface area contributed by atoms with Crippen molar-refractivity contribution in [3.63, 3.8) is 0 Å². The van der Waals surface area contributed by atoms with Crippen LogP contribution in [0.5, 0.6) is 0 Å². The molecule has 1 aliphatic carbocycles. The highest BCUT2D eigenvalue weighted by Crippen LogP contribution is 2.48. The molecule has 122 valence electrons. The number of likely N-dealkylation sites (N-methyl/N-ethyl adjacent to an activating group) is 1. The Hall–Kier alpha value is -1.02. The molecule has 1 nitrogen and oxygen atoms in total. The zero-order valence-corrected chi connectivity index (χ0v) is 15.0. The molecule has 1 saturated heterocycles. The summed E-state index contributed by atoms with van der Waals surface area (Å²) in [5.74, 6) is 1.16. The molecule has 2 aromatic carbocycles. The highest BCUT2D eigenvalue weighted by Gasteiger charge is 2.41. The van der Waals surface area contributed by atoms with E-state index in [2.05, 4.69) is 60.4 Å². The van der Waals surface area contributed by atoms with Gasteiger partial charge < -0.3 is 0 Å². The van der Waals surface area contributed by atoms with Crippen molar-refractivity contribution >= 4 is 24.0 Å². The van der Waals surface area contributed by atoms with Gasteiger partial charge in [0.1, 0.15) is 0 Å². The van der Waals surface area contributed by atoms with E-state index in [-0.39, 0.29) is 12.4 Å². The lowest BCUT2D eigenvalue weighted by Gasteiger charge is -2.38. The average Bonchev–Trinajstić information content (AvgIpc) is 2.97. The highest BCUT2D eigenvalue weighted by atomic mass is 35.5. The molecule has 0 spiro atoms. The van der Waals surface area contributed by atoms with Gasteiger partial charge in [0.25, 0.3) is 0 Å². The van der Waals surface area contributed by atoms with E-state index in [0.29, 0.717) is 17.9 Å². The molecule has 3 atom stereocenters. The largest absolute Gasteiger partial charge is 0.300 e. The van der Waals surface area contributed by atoms with Crippen LogP contribution in [0.3, 0.4) is 0 Å². The second-order valence-electron chi connectivity index (χ2n) is 6.56. The van der Waals surface area contributed by atoms with Crippen molar-refractivity contribution in [2.45, 2.75) is 37.6 Å². The molecule has 0 saturated carbocycles. The third kappa shape index (κ3) is 2.91. The average molecular weight is 348 g/mol. The molecule has 0 aromatic heterocycles. The van der Waals surface area contributed by atoms with E-state index in [1.807, 2.05) is 0 Å². The van der Waals surface area contributed by atoms with Crippen molar-refractivity contribution < 1.29 is 0 Å². The molecule has 0 amide bonds. The Morgan fingerprint density at radius 1 is 1.09 bits per heavy atom. The Morgan fingerprint density at radius 2 is 1.87 bits per heavy atom. The summed E-state index contributed by atoms with van der Waals surface area (Å²) in [6.45, 7) is 4.68. The van der Waals surface area contributed by atoms with Crippen LogP contribution in [0.15, 0.2) is 48.5 Å². The van der Waals surface area contributed by atoms with Gasteiger partial charge in [-0.25, -0.2) is 0 Å². The maximum atomic E-state index is 6.32. The quantitative estimate of drug-likeness (QED) is 0.695. The fourth-order valence-electron chi connectivity index (χ4n) is 4.54. The van der Waals surface area contributed by atoms with Crippen LogP contribution >= 0.6 is 24.0 Å². The van der Waals surface area contributed by atoms with Gasteiger partial charge in [0, 0.05) is 22.9 Å². The standard InChI is InChI=1S/C20H22ClN.ClH/c1-2-22-11-10-17-16-9-8-15(21)12-19(16)18(13-20(17)22)14-6-4-3-5-7-14;/h3-9,12,17-18,20H,2,10-11,13H2,1H3;1H. The lowest BCUT2D eigenvalue weighted by Crippen LogP contribution is -2.36. The van der Waals surface area contributed by atoms with Crippen LogP contribution in [-0.2, 0) is 0 Å². The van der Waals surface area contributed by atoms with Crippen molar-refractivity contribution in [3.05, 3.63) is 70.2 Å². The van der Waals surface area contributed by atoms with Crippen molar-refractivity contribution in [2.24, 2.45) is 0 Å². The van der Waals surface area contributed by atoms with Crippen LogP contribution < -0.4 is 0 Å². The van der Waals surface area contributed by atoms with Gasteiger partial charge in [0.15, 0.2) is 0 Å². The number of likely N-dealkylation sites (tertiary alicyclic amines) is 1. The number of benzene rings is 2. The van der Waals surface area contributed by atoms with Gasteiger partial charge in [0.2, 0.25) is 0 Å². The minimum absolute atomic E-state index is 0. The number of hydrogen-bond donors (Lipinski definition) is 0. The predicted octanol–water partition coefficient (Wildman–Crippen LogP) is 5.48. The second kappa shape index (κ2) is 6.84. The van der Waals surface area contributed by atoms with E-state index in [1.54, 1.807) is 0 Å². The van der Waals surface area contributed by atoms with Gasteiger partial charge in [-0.1, -0.05) is 54.9 Å². The molecule has 3 heteroatoms. The number of rotatable bonds is 2. The van der Waals surface area contributed by atoms with Crippen molar-refractivity contribution in [1.29, 1.82) is 0 Å². The third-order valence-electron chi connectivity index (χ3n) is 5.57. The summed E-state index contributed by atoms with van der Waals surface area (Å²) in [5, 5.41) is 0.864. The Kier molecular flexibility index (Phi) is 5.01. The number of fused-ring (bicyclic) bond motifs is 3. The summed E-state index contributed by atoms with van der Waals surface area (Å²) < 4.78 is 0. The van der Waals surface area contributed by atoms with Crippen LogP contribution in [0, 0.1) is 0 Å². The topological polar surface area (TPSA) is 3.24 Å². The van der Waals surface area contributed by atoms with E-state index >= 15 is 0 Å². The Labute approximate surface area is 150 Å². The van der Waals surface area contributed by atoms with Gasteiger partial charge in [-0.05, 0) is 54.8 Å². The summed E-state index contributed by atoms with van der Waals surface area (Å²) in [6.07, 6.45) is 2.50. The molecule has 2 aliphatic rings. The van der Waals surface area contributed by atoms with Gasteiger partial charge in [-0.15, -0.1) is 12.4 Å². The van der Waals surface area contributed by atoms with Crippen LogP contribution in [0.4, 0.5) is 0 Å². The first-order valence-corrected chi connectivity index (χ1v) is 8.74. The van der Waals surface area contributed by atoms with Crippen LogP contribution in [-0.4, -0.2) is 24.0 Å². The molecule has 4 rings (SSSR count). The van der Waals surface area contributed by atoms with E-state index in [9.17, 15) is 0 Å².